The number of hydrogen-bond acceptors (Lipinski definition) is 2. The fourth-order valence-electron chi connectivity index (χ4n) is 1.32. The monoisotopic (exact) mass is 307 g/mol. The minimum absolute atomic E-state index is 0.478. The molecule has 0 N–H and O–H groups in total. The Morgan fingerprint density at radius 2 is 1.88 bits per heavy atom. The lowest BCUT2D eigenvalue weighted by molar-refractivity contribution is 0.481. The van der Waals surface area contributed by atoms with E-state index < -0.39 is 0 Å². The van der Waals surface area contributed by atoms with Gasteiger partial charge in [0.05, 0.1) is 10.6 Å². The standard InChI is InChI=1S/C13H7BrClNO/c14-10-5-6-13(11(15)7-10)17-12-4-2-1-3-9(12)8-16/h1-7H. The number of halogens is 2. The van der Waals surface area contributed by atoms with Crippen LogP contribution in [0.3, 0.4) is 0 Å². The molecule has 0 saturated heterocycles. The van der Waals surface area contributed by atoms with Crippen LogP contribution in [0.2, 0.25) is 5.02 Å². The minimum Gasteiger partial charge on any atom is -0.454 e. The normalized spacial score (nSPS) is 9.71. The summed E-state index contributed by atoms with van der Waals surface area (Å²) in [6.07, 6.45) is 0. The number of benzene rings is 2. The molecule has 4 heteroatoms. The lowest BCUT2D eigenvalue weighted by Gasteiger charge is -2.08. The van der Waals surface area contributed by atoms with Crippen molar-refractivity contribution >= 4 is 27.5 Å². The summed E-state index contributed by atoms with van der Waals surface area (Å²) in [5.74, 6) is 1.02. The molecule has 0 heterocycles. The number of nitriles is 1. The summed E-state index contributed by atoms with van der Waals surface area (Å²) in [6, 6.07) is 14.4. The number of para-hydroxylation sites is 1. The van der Waals surface area contributed by atoms with Gasteiger partial charge in [0.2, 0.25) is 0 Å². The van der Waals surface area contributed by atoms with Crippen molar-refractivity contribution in [2.75, 3.05) is 0 Å². The Morgan fingerprint density at radius 1 is 1.12 bits per heavy atom. The Labute approximate surface area is 113 Å². The number of ether oxygens (including phenoxy) is 1. The first-order valence-electron chi connectivity index (χ1n) is 4.83. The zero-order valence-corrected chi connectivity index (χ0v) is 11.0. The molecular weight excluding hydrogens is 302 g/mol. The number of nitrogens with zero attached hydrogens (tertiary/aromatic N) is 1. The van der Waals surface area contributed by atoms with Crippen molar-refractivity contribution in [2.45, 2.75) is 0 Å². The SMILES string of the molecule is N#Cc1ccccc1Oc1ccc(Br)cc1Cl. The minimum atomic E-state index is 0.478. The summed E-state index contributed by atoms with van der Waals surface area (Å²) in [7, 11) is 0. The maximum absolute atomic E-state index is 8.94. The van der Waals surface area contributed by atoms with Crippen LogP contribution in [-0.4, -0.2) is 0 Å². The zero-order chi connectivity index (χ0) is 12.3. The molecule has 0 bridgehead atoms. The van der Waals surface area contributed by atoms with E-state index in [-0.39, 0.29) is 0 Å². The summed E-state index contributed by atoms with van der Waals surface area (Å²) in [6.45, 7) is 0. The third-order valence-corrected chi connectivity index (χ3v) is 2.91. The highest BCUT2D eigenvalue weighted by molar-refractivity contribution is 9.10. The van der Waals surface area contributed by atoms with Crippen LogP contribution in [0.1, 0.15) is 5.56 Å². The molecule has 17 heavy (non-hydrogen) atoms. The van der Waals surface area contributed by atoms with Crippen LogP contribution in [0.15, 0.2) is 46.9 Å². The molecule has 0 aliphatic carbocycles. The fourth-order valence-corrected chi connectivity index (χ4v) is 2.04. The van der Waals surface area contributed by atoms with Crippen molar-refractivity contribution in [3.63, 3.8) is 0 Å². The van der Waals surface area contributed by atoms with E-state index in [0.29, 0.717) is 22.1 Å². The van der Waals surface area contributed by atoms with E-state index in [9.17, 15) is 0 Å². The molecule has 0 saturated carbocycles. The Bertz CT molecular complexity index is 592. The van der Waals surface area contributed by atoms with Crippen LogP contribution in [0, 0.1) is 11.3 Å². The predicted molar refractivity (Wildman–Crippen MR) is 70.4 cm³/mol. The number of hydrogen-bond donors (Lipinski definition) is 0. The van der Waals surface area contributed by atoms with Crippen LogP contribution in [-0.2, 0) is 0 Å². The summed E-state index contributed by atoms with van der Waals surface area (Å²) >= 11 is 9.35. The van der Waals surface area contributed by atoms with Crippen molar-refractivity contribution in [1.82, 2.24) is 0 Å². The molecule has 2 aromatic rings. The Hall–Kier alpha value is -1.50. The average molecular weight is 309 g/mol. The third-order valence-electron chi connectivity index (χ3n) is 2.12. The van der Waals surface area contributed by atoms with E-state index in [4.69, 9.17) is 21.6 Å². The van der Waals surface area contributed by atoms with E-state index in [1.54, 1.807) is 30.3 Å². The largest absolute Gasteiger partial charge is 0.454 e. The highest BCUT2D eigenvalue weighted by Crippen LogP contribution is 2.32. The van der Waals surface area contributed by atoms with E-state index in [1.807, 2.05) is 12.1 Å². The summed E-state index contributed by atoms with van der Waals surface area (Å²) in [5.41, 5.74) is 0.478. The van der Waals surface area contributed by atoms with Gasteiger partial charge in [-0.2, -0.15) is 5.26 Å². The maximum Gasteiger partial charge on any atom is 0.146 e. The molecule has 2 aromatic carbocycles. The Balaban J connectivity index is 2.35. The van der Waals surface area contributed by atoms with Crippen molar-refractivity contribution in [3.05, 3.63) is 57.5 Å². The molecule has 0 aromatic heterocycles. The molecule has 84 valence electrons. The van der Waals surface area contributed by atoms with Gasteiger partial charge in [0.25, 0.3) is 0 Å². The van der Waals surface area contributed by atoms with Crippen LogP contribution in [0.25, 0.3) is 0 Å². The predicted octanol–water partition coefficient (Wildman–Crippen LogP) is 4.77. The first-order chi connectivity index (χ1) is 8.20. The summed E-state index contributed by atoms with van der Waals surface area (Å²) in [4.78, 5) is 0. The maximum atomic E-state index is 8.94. The van der Waals surface area contributed by atoms with E-state index >= 15 is 0 Å². The molecule has 0 aliphatic rings. The fraction of sp³-hybridized carbons (Fsp3) is 0. The van der Waals surface area contributed by atoms with Gasteiger partial charge in [0.1, 0.15) is 17.6 Å². The quantitative estimate of drug-likeness (QED) is 0.801. The molecule has 0 amide bonds. The molecule has 2 rings (SSSR count). The average Bonchev–Trinajstić information content (AvgIpc) is 2.33. The van der Waals surface area contributed by atoms with Crippen LogP contribution < -0.4 is 4.74 Å². The van der Waals surface area contributed by atoms with Crippen LogP contribution in [0.4, 0.5) is 0 Å². The molecule has 0 fully saturated rings. The van der Waals surface area contributed by atoms with Crippen molar-refractivity contribution in [3.8, 4) is 17.6 Å². The lowest BCUT2D eigenvalue weighted by Crippen LogP contribution is -1.88. The van der Waals surface area contributed by atoms with Crippen molar-refractivity contribution in [1.29, 1.82) is 5.26 Å². The molecule has 0 aliphatic heterocycles. The Morgan fingerprint density at radius 3 is 2.59 bits per heavy atom. The van der Waals surface area contributed by atoms with Gasteiger partial charge in [-0.25, -0.2) is 0 Å². The van der Waals surface area contributed by atoms with Gasteiger partial charge in [-0.3, -0.25) is 0 Å². The van der Waals surface area contributed by atoms with E-state index in [2.05, 4.69) is 22.0 Å². The molecule has 0 spiro atoms. The number of rotatable bonds is 2. The molecule has 0 radical (unpaired) electrons. The van der Waals surface area contributed by atoms with E-state index in [0.717, 1.165) is 4.47 Å². The van der Waals surface area contributed by atoms with Crippen LogP contribution >= 0.6 is 27.5 Å². The second-order valence-electron chi connectivity index (χ2n) is 3.28. The van der Waals surface area contributed by atoms with E-state index in [1.165, 1.54) is 0 Å². The van der Waals surface area contributed by atoms with Crippen molar-refractivity contribution in [2.24, 2.45) is 0 Å². The van der Waals surface area contributed by atoms with Gasteiger partial charge >= 0.3 is 0 Å². The first-order valence-corrected chi connectivity index (χ1v) is 6.00. The Kier molecular flexibility index (Phi) is 3.68. The molecular formula is C13H7BrClNO. The smallest absolute Gasteiger partial charge is 0.146 e. The summed E-state index contributed by atoms with van der Waals surface area (Å²) in [5, 5.41) is 9.43. The van der Waals surface area contributed by atoms with Gasteiger partial charge in [0.15, 0.2) is 0 Å². The first kappa shape index (κ1) is 12.0. The molecule has 0 atom stereocenters. The van der Waals surface area contributed by atoms with Gasteiger partial charge < -0.3 is 4.74 Å². The van der Waals surface area contributed by atoms with Gasteiger partial charge in [0, 0.05) is 4.47 Å². The lowest BCUT2D eigenvalue weighted by atomic mass is 10.2. The van der Waals surface area contributed by atoms with Gasteiger partial charge in [-0.15, -0.1) is 0 Å². The highest BCUT2D eigenvalue weighted by atomic mass is 79.9. The third kappa shape index (κ3) is 2.79. The summed E-state index contributed by atoms with van der Waals surface area (Å²) < 4.78 is 6.49. The zero-order valence-electron chi connectivity index (χ0n) is 8.65. The van der Waals surface area contributed by atoms with Gasteiger partial charge in [-0.05, 0) is 30.3 Å². The van der Waals surface area contributed by atoms with Crippen molar-refractivity contribution < 1.29 is 4.74 Å². The molecule has 2 nitrogen and oxygen atoms in total. The van der Waals surface area contributed by atoms with Crippen LogP contribution in [0.5, 0.6) is 11.5 Å². The second-order valence-corrected chi connectivity index (χ2v) is 4.61. The topological polar surface area (TPSA) is 33.0 Å². The van der Waals surface area contributed by atoms with Gasteiger partial charge in [-0.1, -0.05) is 39.7 Å². The second kappa shape index (κ2) is 5.22. The highest BCUT2D eigenvalue weighted by Gasteiger charge is 2.07. The molecule has 0 unspecified atom stereocenters.